The monoisotopic (exact) mass is 258 g/mol. The maximum atomic E-state index is 10.6. The molecule has 0 bridgehead atoms. The fourth-order valence-corrected chi connectivity index (χ4v) is 1.77. The molecule has 0 spiro atoms. The highest BCUT2D eigenvalue weighted by Crippen LogP contribution is 2.20. The van der Waals surface area contributed by atoms with Crippen LogP contribution in [0.5, 0.6) is 0 Å². The first-order valence-corrected chi connectivity index (χ1v) is 5.89. The highest BCUT2D eigenvalue weighted by atomic mass is 16.6. The Morgan fingerprint density at radius 1 is 1.26 bits per heavy atom. The first kappa shape index (κ1) is 13.1. The Balaban J connectivity index is 2.37. The van der Waals surface area contributed by atoms with Crippen molar-refractivity contribution in [1.29, 1.82) is 0 Å². The Labute approximate surface area is 110 Å². The van der Waals surface area contributed by atoms with Crippen LogP contribution in [0.2, 0.25) is 0 Å². The Kier molecular flexibility index (Phi) is 3.82. The van der Waals surface area contributed by atoms with Crippen molar-refractivity contribution in [2.75, 3.05) is 6.54 Å². The van der Waals surface area contributed by atoms with Crippen LogP contribution in [-0.4, -0.2) is 21.4 Å². The molecule has 0 radical (unpaired) electrons. The number of nitrogens with two attached hydrogens (primary N) is 1. The van der Waals surface area contributed by atoms with Crippen LogP contribution in [0.25, 0.3) is 11.4 Å². The molecule has 0 saturated carbocycles. The van der Waals surface area contributed by atoms with Gasteiger partial charge in [-0.15, -0.1) is 0 Å². The minimum Gasteiger partial charge on any atom is -0.330 e. The van der Waals surface area contributed by atoms with E-state index in [0.717, 1.165) is 17.0 Å². The van der Waals surface area contributed by atoms with Crippen molar-refractivity contribution in [1.82, 2.24) is 9.97 Å². The summed E-state index contributed by atoms with van der Waals surface area (Å²) in [6.45, 7) is 2.41. The predicted molar refractivity (Wildman–Crippen MR) is 71.6 cm³/mol. The van der Waals surface area contributed by atoms with Gasteiger partial charge in [-0.25, -0.2) is 9.97 Å². The van der Waals surface area contributed by atoms with Gasteiger partial charge in [-0.2, -0.15) is 0 Å². The van der Waals surface area contributed by atoms with Crippen LogP contribution in [0.4, 0.5) is 5.69 Å². The van der Waals surface area contributed by atoms with E-state index < -0.39 is 4.92 Å². The number of rotatable bonds is 4. The SMILES string of the molecule is Cc1cc(CCN)nc(-c2ccc([N+](=O)[O-])cc2)n1. The summed E-state index contributed by atoms with van der Waals surface area (Å²) in [5.74, 6) is 0.568. The second kappa shape index (κ2) is 5.53. The summed E-state index contributed by atoms with van der Waals surface area (Å²) in [5, 5.41) is 10.6. The Morgan fingerprint density at radius 2 is 1.95 bits per heavy atom. The van der Waals surface area contributed by atoms with Gasteiger partial charge in [-0.1, -0.05) is 0 Å². The molecule has 2 rings (SSSR count). The molecule has 98 valence electrons. The molecule has 0 aliphatic heterocycles. The number of hydrogen-bond donors (Lipinski definition) is 1. The van der Waals surface area contributed by atoms with Crippen molar-refractivity contribution in [2.45, 2.75) is 13.3 Å². The standard InChI is InChI=1S/C13H14N4O2/c1-9-8-11(6-7-14)16-13(15-9)10-2-4-12(5-3-10)17(18)19/h2-5,8H,6-7,14H2,1H3. The normalized spacial score (nSPS) is 10.4. The zero-order valence-corrected chi connectivity index (χ0v) is 10.5. The fraction of sp³-hybridized carbons (Fsp3) is 0.231. The third-order valence-electron chi connectivity index (χ3n) is 2.64. The summed E-state index contributed by atoms with van der Waals surface area (Å²) in [7, 11) is 0. The third kappa shape index (κ3) is 3.11. The Bertz CT molecular complexity index is 596. The van der Waals surface area contributed by atoms with Crippen LogP contribution >= 0.6 is 0 Å². The summed E-state index contributed by atoms with van der Waals surface area (Å²) in [4.78, 5) is 18.9. The van der Waals surface area contributed by atoms with Gasteiger partial charge in [0.2, 0.25) is 0 Å². The molecule has 0 amide bonds. The van der Waals surface area contributed by atoms with Crippen molar-refractivity contribution in [3.63, 3.8) is 0 Å². The smallest absolute Gasteiger partial charge is 0.269 e. The summed E-state index contributed by atoms with van der Waals surface area (Å²) < 4.78 is 0. The molecule has 0 atom stereocenters. The highest BCUT2D eigenvalue weighted by Gasteiger charge is 2.08. The van der Waals surface area contributed by atoms with E-state index in [-0.39, 0.29) is 5.69 Å². The van der Waals surface area contributed by atoms with Crippen molar-refractivity contribution in [3.05, 3.63) is 51.8 Å². The molecule has 1 heterocycles. The fourth-order valence-electron chi connectivity index (χ4n) is 1.77. The Hall–Kier alpha value is -2.34. The van der Waals surface area contributed by atoms with Crippen LogP contribution in [-0.2, 0) is 6.42 Å². The number of nitro benzene ring substituents is 1. The maximum Gasteiger partial charge on any atom is 0.269 e. The lowest BCUT2D eigenvalue weighted by molar-refractivity contribution is -0.384. The molecule has 0 saturated heterocycles. The summed E-state index contributed by atoms with van der Waals surface area (Å²) in [5.41, 5.74) is 8.06. The van der Waals surface area contributed by atoms with Crippen LogP contribution < -0.4 is 5.73 Å². The average molecular weight is 258 g/mol. The average Bonchev–Trinajstić information content (AvgIpc) is 2.38. The number of nitro groups is 1. The number of hydrogen-bond acceptors (Lipinski definition) is 5. The van der Waals surface area contributed by atoms with Gasteiger partial charge in [0.1, 0.15) is 0 Å². The molecule has 1 aromatic heterocycles. The molecule has 0 aliphatic carbocycles. The quantitative estimate of drug-likeness (QED) is 0.667. The predicted octanol–water partition coefficient (Wildman–Crippen LogP) is 1.86. The minimum absolute atomic E-state index is 0.0542. The van der Waals surface area contributed by atoms with E-state index in [4.69, 9.17) is 5.73 Å². The molecule has 6 nitrogen and oxygen atoms in total. The topological polar surface area (TPSA) is 94.9 Å². The number of non-ortho nitro benzene ring substituents is 1. The zero-order valence-electron chi connectivity index (χ0n) is 10.5. The van der Waals surface area contributed by atoms with Crippen molar-refractivity contribution >= 4 is 5.69 Å². The lowest BCUT2D eigenvalue weighted by Gasteiger charge is -2.05. The molecule has 0 unspecified atom stereocenters. The van der Waals surface area contributed by atoms with Crippen molar-refractivity contribution in [3.8, 4) is 11.4 Å². The molecule has 1 aromatic carbocycles. The van der Waals surface area contributed by atoms with Gasteiger partial charge in [-0.05, 0) is 31.7 Å². The van der Waals surface area contributed by atoms with E-state index in [2.05, 4.69) is 9.97 Å². The van der Waals surface area contributed by atoms with Crippen LogP contribution in [0.15, 0.2) is 30.3 Å². The molecule has 0 fully saturated rings. The van der Waals surface area contributed by atoms with E-state index in [9.17, 15) is 10.1 Å². The zero-order chi connectivity index (χ0) is 13.8. The molecular weight excluding hydrogens is 244 g/mol. The largest absolute Gasteiger partial charge is 0.330 e. The van der Waals surface area contributed by atoms with Gasteiger partial charge < -0.3 is 5.73 Å². The van der Waals surface area contributed by atoms with Crippen molar-refractivity contribution < 1.29 is 4.92 Å². The van der Waals surface area contributed by atoms with Crippen LogP contribution in [0, 0.1) is 17.0 Å². The van der Waals surface area contributed by atoms with Gasteiger partial charge >= 0.3 is 0 Å². The third-order valence-corrected chi connectivity index (χ3v) is 2.64. The molecule has 2 N–H and O–H groups in total. The van der Waals surface area contributed by atoms with Crippen LogP contribution in [0.3, 0.4) is 0 Å². The minimum atomic E-state index is -0.430. The lowest BCUT2D eigenvalue weighted by atomic mass is 10.1. The molecular formula is C13H14N4O2. The molecule has 2 aromatic rings. The van der Waals surface area contributed by atoms with E-state index in [1.807, 2.05) is 13.0 Å². The van der Waals surface area contributed by atoms with E-state index in [1.54, 1.807) is 12.1 Å². The summed E-state index contributed by atoms with van der Waals surface area (Å²) in [6.07, 6.45) is 0.684. The first-order valence-electron chi connectivity index (χ1n) is 5.89. The number of aromatic nitrogens is 2. The Morgan fingerprint density at radius 3 is 2.53 bits per heavy atom. The van der Waals surface area contributed by atoms with E-state index in [1.165, 1.54) is 12.1 Å². The lowest BCUT2D eigenvalue weighted by Crippen LogP contribution is -2.06. The van der Waals surface area contributed by atoms with Gasteiger partial charge in [0.15, 0.2) is 5.82 Å². The number of aryl methyl sites for hydroxylation is 1. The second-order valence-corrected chi connectivity index (χ2v) is 4.17. The van der Waals surface area contributed by atoms with Gasteiger partial charge in [0.25, 0.3) is 5.69 Å². The summed E-state index contributed by atoms with van der Waals surface area (Å²) in [6, 6.07) is 8.09. The van der Waals surface area contributed by atoms with E-state index in [0.29, 0.717) is 18.8 Å². The van der Waals surface area contributed by atoms with Gasteiger partial charge in [0, 0.05) is 35.5 Å². The van der Waals surface area contributed by atoms with Crippen molar-refractivity contribution in [2.24, 2.45) is 5.73 Å². The molecule has 19 heavy (non-hydrogen) atoms. The summed E-state index contributed by atoms with van der Waals surface area (Å²) >= 11 is 0. The second-order valence-electron chi connectivity index (χ2n) is 4.17. The van der Waals surface area contributed by atoms with Crippen LogP contribution in [0.1, 0.15) is 11.4 Å². The number of nitrogens with zero attached hydrogens (tertiary/aromatic N) is 3. The number of benzene rings is 1. The molecule has 6 heteroatoms. The van der Waals surface area contributed by atoms with E-state index >= 15 is 0 Å². The highest BCUT2D eigenvalue weighted by molar-refractivity contribution is 5.57. The van der Waals surface area contributed by atoms with Gasteiger partial charge in [0.05, 0.1) is 4.92 Å². The maximum absolute atomic E-state index is 10.6. The molecule has 0 aliphatic rings. The van der Waals surface area contributed by atoms with Gasteiger partial charge in [-0.3, -0.25) is 10.1 Å². The first-order chi connectivity index (χ1) is 9.10.